The average Bonchev–Trinajstić information content (AvgIpc) is 3.16. The van der Waals surface area contributed by atoms with Gasteiger partial charge < -0.3 is 4.52 Å². The predicted octanol–water partition coefficient (Wildman–Crippen LogP) is 2.90. The van der Waals surface area contributed by atoms with Crippen LogP contribution >= 0.6 is 0 Å². The quantitative estimate of drug-likeness (QED) is 0.867. The Balaban J connectivity index is 1.93. The minimum absolute atomic E-state index is 0.0935. The van der Waals surface area contributed by atoms with Gasteiger partial charge in [0, 0.05) is 12.6 Å². The Bertz CT molecular complexity index is 755. The largest absolute Gasteiger partial charge is 0.359 e. The van der Waals surface area contributed by atoms with Crippen LogP contribution in [0.3, 0.4) is 0 Å². The number of aryl methyl sites for hydroxylation is 1. The fourth-order valence-electron chi connectivity index (χ4n) is 2.71. The lowest BCUT2D eigenvalue weighted by Crippen LogP contribution is -2.30. The molecule has 2 aromatic rings. The van der Waals surface area contributed by atoms with Crippen LogP contribution in [0, 0.1) is 5.82 Å². The molecule has 0 bridgehead atoms. The van der Waals surface area contributed by atoms with Gasteiger partial charge in [-0.25, -0.2) is 12.8 Å². The van der Waals surface area contributed by atoms with Crippen LogP contribution in [0.2, 0.25) is 0 Å². The summed E-state index contributed by atoms with van der Waals surface area (Å²) in [5.41, 5.74) is 0.807. The SMILES string of the molecule is CCc1cc([C@@H]2CCCN2S(=O)(=O)c2ccc(F)cc2)on1. The third-order valence-corrected chi connectivity index (χ3v) is 5.81. The van der Waals surface area contributed by atoms with Crippen LogP contribution in [-0.2, 0) is 16.4 Å². The monoisotopic (exact) mass is 324 g/mol. The first-order valence-electron chi connectivity index (χ1n) is 7.25. The molecule has 118 valence electrons. The summed E-state index contributed by atoms with van der Waals surface area (Å²) in [5, 5.41) is 3.93. The van der Waals surface area contributed by atoms with Gasteiger partial charge in [-0.05, 0) is 43.5 Å². The first kappa shape index (κ1) is 15.2. The van der Waals surface area contributed by atoms with Crippen molar-refractivity contribution in [1.29, 1.82) is 0 Å². The fraction of sp³-hybridized carbons (Fsp3) is 0.400. The molecule has 0 spiro atoms. The molecule has 1 aromatic heterocycles. The van der Waals surface area contributed by atoms with E-state index in [1.165, 1.54) is 16.4 Å². The molecule has 1 aromatic carbocycles. The van der Waals surface area contributed by atoms with Crippen molar-refractivity contribution in [2.24, 2.45) is 0 Å². The zero-order valence-electron chi connectivity index (χ0n) is 12.2. The Hall–Kier alpha value is -1.73. The summed E-state index contributed by atoms with van der Waals surface area (Å²) in [6.07, 6.45) is 2.19. The third kappa shape index (κ3) is 2.66. The number of hydrogen-bond acceptors (Lipinski definition) is 4. The molecule has 1 atom stereocenters. The maximum atomic E-state index is 13.0. The van der Waals surface area contributed by atoms with E-state index in [2.05, 4.69) is 5.16 Å². The van der Waals surface area contributed by atoms with Crippen LogP contribution < -0.4 is 0 Å². The molecule has 2 heterocycles. The maximum absolute atomic E-state index is 13.0. The van der Waals surface area contributed by atoms with Crippen LogP contribution in [0.4, 0.5) is 4.39 Å². The average molecular weight is 324 g/mol. The van der Waals surface area contributed by atoms with Crippen molar-refractivity contribution < 1.29 is 17.3 Å². The Morgan fingerprint density at radius 2 is 2.09 bits per heavy atom. The number of nitrogens with zero attached hydrogens (tertiary/aromatic N) is 2. The van der Waals surface area contributed by atoms with Crippen LogP contribution in [0.15, 0.2) is 39.8 Å². The number of halogens is 1. The smallest absolute Gasteiger partial charge is 0.243 e. The van der Waals surface area contributed by atoms with E-state index in [4.69, 9.17) is 4.52 Å². The first-order valence-corrected chi connectivity index (χ1v) is 8.69. The van der Waals surface area contributed by atoms with E-state index < -0.39 is 15.8 Å². The fourth-order valence-corrected chi connectivity index (χ4v) is 4.37. The van der Waals surface area contributed by atoms with Gasteiger partial charge in [0.25, 0.3) is 0 Å². The van der Waals surface area contributed by atoms with Crippen molar-refractivity contribution in [1.82, 2.24) is 9.46 Å². The highest BCUT2D eigenvalue weighted by Crippen LogP contribution is 2.36. The molecule has 1 aliphatic heterocycles. The molecule has 22 heavy (non-hydrogen) atoms. The van der Waals surface area contributed by atoms with Crippen LogP contribution in [0.5, 0.6) is 0 Å². The van der Waals surface area contributed by atoms with E-state index in [-0.39, 0.29) is 10.9 Å². The maximum Gasteiger partial charge on any atom is 0.243 e. The molecule has 0 unspecified atom stereocenters. The standard InChI is InChI=1S/C15H17FN2O3S/c1-2-12-10-15(21-17-12)14-4-3-9-18(14)22(19,20)13-7-5-11(16)6-8-13/h5-8,10,14H,2-4,9H2,1H3/t14-/m0/s1. The highest BCUT2D eigenvalue weighted by Gasteiger charge is 2.38. The summed E-state index contributed by atoms with van der Waals surface area (Å²) in [7, 11) is -3.67. The molecule has 1 fully saturated rings. The molecule has 1 saturated heterocycles. The predicted molar refractivity (Wildman–Crippen MR) is 78.1 cm³/mol. The lowest BCUT2D eigenvalue weighted by atomic mass is 10.1. The molecule has 0 saturated carbocycles. The summed E-state index contributed by atoms with van der Waals surface area (Å²) < 4.78 is 45.2. The second-order valence-electron chi connectivity index (χ2n) is 5.30. The Morgan fingerprint density at radius 3 is 2.73 bits per heavy atom. The molecule has 1 aliphatic rings. The number of aromatic nitrogens is 1. The molecular formula is C15H17FN2O3S. The van der Waals surface area contributed by atoms with E-state index in [0.29, 0.717) is 18.7 Å². The molecule has 0 radical (unpaired) electrons. The third-order valence-electron chi connectivity index (χ3n) is 3.89. The van der Waals surface area contributed by atoms with E-state index in [0.717, 1.165) is 30.7 Å². The highest BCUT2D eigenvalue weighted by atomic mass is 32.2. The van der Waals surface area contributed by atoms with Crippen molar-refractivity contribution >= 4 is 10.0 Å². The number of rotatable bonds is 4. The first-order chi connectivity index (χ1) is 10.5. The molecule has 3 rings (SSSR count). The minimum Gasteiger partial charge on any atom is -0.359 e. The van der Waals surface area contributed by atoms with Crippen molar-refractivity contribution in [3.8, 4) is 0 Å². The normalized spacial score (nSPS) is 19.6. The van der Waals surface area contributed by atoms with Gasteiger partial charge in [-0.3, -0.25) is 0 Å². The van der Waals surface area contributed by atoms with Crippen LogP contribution in [0.25, 0.3) is 0 Å². The zero-order chi connectivity index (χ0) is 15.7. The Morgan fingerprint density at radius 1 is 1.36 bits per heavy atom. The number of benzene rings is 1. The second kappa shape index (κ2) is 5.81. The summed E-state index contributed by atoms with van der Waals surface area (Å²) in [4.78, 5) is 0.0935. The van der Waals surface area contributed by atoms with E-state index in [9.17, 15) is 12.8 Å². The van der Waals surface area contributed by atoms with Gasteiger partial charge in [0.05, 0.1) is 16.6 Å². The van der Waals surface area contributed by atoms with Gasteiger partial charge in [0.2, 0.25) is 10.0 Å². The van der Waals surface area contributed by atoms with Crippen molar-refractivity contribution in [3.63, 3.8) is 0 Å². The van der Waals surface area contributed by atoms with Gasteiger partial charge in [-0.2, -0.15) is 4.31 Å². The second-order valence-corrected chi connectivity index (χ2v) is 7.19. The summed E-state index contributed by atoms with van der Waals surface area (Å²) in [5.74, 6) is 0.111. The summed E-state index contributed by atoms with van der Waals surface area (Å²) in [6.45, 7) is 2.38. The lowest BCUT2D eigenvalue weighted by Gasteiger charge is -2.22. The summed E-state index contributed by atoms with van der Waals surface area (Å²) >= 11 is 0. The van der Waals surface area contributed by atoms with Gasteiger partial charge in [0.15, 0.2) is 5.76 Å². The molecule has 0 N–H and O–H groups in total. The van der Waals surface area contributed by atoms with E-state index in [1.807, 2.05) is 13.0 Å². The molecule has 5 nitrogen and oxygen atoms in total. The number of sulfonamides is 1. The molecule has 0 aliphatic carbocycles. The van der Waals surface area contributed by atoms with Gasteiger partial charge in [0.1, 0.15) is 5.82 Å². The molecule has 0 amide bonds. The zero-order valence-corrected chi connectivity index (χ0v) is 13.0. The molecule has 7 heteroatoms. The van der Waals surface area contributed by atoms with Crippen molar-refractivity contribution in [2.45, 2.75) is 37.1 Å². The van der Waals surface area contributed by atoms with Crippen LogP contribution in [0.1, 0.15) is 37.3 Å². The molecular weight excluding hydrogens is 307 g/mol. The van der Waals surface area contributed by atoms with Crippen molar-refractivity contribution in [2.75, 3.05) is 6.54 Å². The van der Waals surface area contributed by atoms with E-state index >= 15 is 0 Å². The Kier molecular flexibility index (Phi) is 4.01. The highest BCUT2D eigenvalue weighted by molar-refractivity contribution is 7.89. The van der Waals surface area contributed by atoms with Crippen LogP contribution in [-0.4, -0.2) is 24.4 Å². The van der Waals surface area contributed by atoms with Gasteiger partial charge in [-0.15, -0.1) is 0 Å². The number of hydrogen-bond donors (Lipinski definition) is 0. The van der Waals surface area contributed by atoms with Gasteiger partial charge in [-0.1, -0.05) is 12.1 Å². The lowest BCUT2D eigenvalue weighted by molar-refractivity contribution is 0.296. The van der Waals surface area contributed by atoms with Crippen molar-refractivity contribution in [3.05, 3.63) is 47.6 Å². The summed E-state index contributed by atoms with van der Waals surface area (Å²) in [6, 6.07) is 6.35. The minimum atomic E-state index is -3.67. The Labute approximate surface area is 128 Å². The van der Waals surface area contributed by atoms with E-state index in [1.54, 1.807) is 0 Å². The topological polar surface area (TPSA) is 63.4 Å². The van der Waals surface area contributed by atoms with Gasteiger partial charge >= 0.3 is 0 Å².